The molecule has 0 saturated heterocycles. The van der Waals surface area contributed by atoms with Gasteiger partial charge in [0.15, 0.2) is 0 Å². The molecule has 2 aliphatic heterocycles. The van der Waals surface area contributed by atoms with Crippen LogP contribution < -0.4 is 9.97 Å². The minimum atomic E-state index is 0. The zero-order valence-corrected chi connectivity index (χ0v) is 14.4. The molecular formula is C20H12CrN4. The number of hydrogen-bond acceptors (Lipinski definition) is 2. The molecule has 4 nitrogen and oxygen atoms in total. The third-order valence-electron chi connectivity index (χ3n) is 3.92. The number of nitrogens with zero attached hydrogens (tertiary/aromatic N) is 4. The van der Waals surface area contributed by atoms with E-state index in [-0.39, 0.29) is 17.4 Å². The summed E-state index contributed by atoms with van der Waals surface area (Å²) in [6, 6.07) is 15.9. The van der Waals surface area contributed by atoms with Crippen LogP contribution in [0, 0.1) is 0 Å². The normalized spacial score (nSPS) is 12.2. The molecule has 5 heterocycles. The van der Waals surface area contributed by atoms with Crippen molar-refractivity contribution in [2.24, 2.45) is 0 Å². The average molecular weight is 360 g/mol. The number of aromatic nitrogens is 4. The maximum absolute atomic E-state index is 4.59. The summed E-state index contributed by atoms with van der Waals surface area (Å²) in [5.74, 6) is 0. The van der Waals surface area contributed by atoms with E-state index in [9.17, 15) is 0 Å². The van der Waals surface area contributed by atoms with E-state index in [2.05, 4.69) is 19.9 Å². The van der Waals surface area contributed by atoms with Gasteiger partial charge in [0, 0.05) is 0 Å². The standard InChI is InChI=1S/C20H12N4.Cr/c1-2-14-10-16-5-6-18(23-16)12-20-8-7-19(24-20)11-17-4-3-15(22-17)9-13(1)21-14;/h1-12H;/q-2;+2. The van der Waals surface area contributed by atoms with Crippen LogP contribution in [0.2, 0.25) is 0 Å². The number of hydrogen-bond donors (Lipinski definition) is 0. The van der Waals surface area contributed by atoms with E-state index in [0.29, 0.717) is 0 Å². The average Bonchev–Trinajstić information content (AvgIpc) is 3.32. The summed E-state index contributed by atoms with van der Waals surface area (Å²) in [5.41, 5.74) is 7.15. The van der Waals surface area contributed by atoms with Crippen molar-refractivity contribution in [1.29, 1.82) is 0 Å². The molecule has 8 bridgehead atoms. The second-order valence-corrected chi connectivity index (χ2v) is 5.76. The molecule has 0 atom stereocenters. The van der Waals surface area contributed by atoms with Crippen LogP contribution in [0.3, 0.4) is 0 Å². The van der Waals surface area contributed by atoms with Crippen molar-refractivity contribution < 1.29 is 17.4 Å². The molecule has 25 heavy (non-hydrogen) atoms. The van der Waals surface area contributed by atoms with Crippen LogP contribution in [0.4, 0.5) is 0 Å². The van der Waals surface area contributed by atoms with E-state index < -0.39 is 0 Å². The fourth-order valence-electron chi connectivity index (χ4n) is 2.83. The Bertz CT molecular complexity index is 1080. The first-order valence-electron chi connectivity index (χ1n) is 7.74. The third-order valence-corrected chi connectivity index (χ3v) is 3.92. The van der Waals surface area contributed by atoms with E-state index in [1.807, 2.05) is 72.8 Å². The van der Waals surface area contributed by atoms with Crippen molar-refractivity contribution in [3.63, 3.8) is 0 Å². The zero-order chi connectivity index (χ0) is 15.9. The Morgan fingerprint density at radius 2 is 0.840 bits per heavy atom. The molecule has 5 heteroatoms. The van der Waals surface area contributed by atoms with E-state index >= 15 is 0 Å². The second kappa shape index (κ2) is 6.21. The van der Waals surface area contributed by atoms with Gasteiger partial charge >= 0.3 is 17.4 Å². The van der Waals surface area contributed by atoms with Crippen LogP contribution in [0.25, 0.3) is 46.4 Å². The molecule has 118 valence electrons. The first kappa shape index (κ1) is 15.6. The van der Waals surface area contributed by atoms with Crippen molar-refractivity contribution in [3.05, 3.63) is 71.3 Å². The summed E-state index contributed by atoms with van der Waals surface area (Å²) in [4.78, 5) is 18.4. The minimum absolute atomic E-state index is 0. The maximum atomic E-state index is 4.59. The monoisotopic (exact) mass is 360 g/mol. The van der Waals surface area contributed by atoms with Crippen LogP contribution in [0.5, 0.6) is 0 Å². The molecule has 0 aromatic carbocycles. The Morgan fingerprint density at radius 1 is 0.480 bits per heavy atom. The van der Waals surface area contributed by atoms with Crippen LogP contribution in [0.1, 0.15) is 22.8 Å². The van der Waals surface area contributed by atoms with Crippen molar-refractivity contribution in [3.8, 4) is 0 Å². The van der Waals surface area contributed by atoms with Gasteiger partial charge in [-0.15, -0.1) is 22.1 Å². The van der Waals surface area contributed by atoms with Gasteiger partial charge in [0.1, 0.15) is 0 Å². The molecule has 0 fully saturated rings. The van der Waals surface area contributed by atoms with Gasteiger partial charge in [-0.25, -0.2) is 9.97 Å². The summed E-state index contributed by atoms with van der Waals surface area (Å²) < 4.78 is 0. The van der Waals surface area contributed by atoms with Gasteiger partial charge in [-0.05, 0) is 30.4 Å². The Hall–Kier alpha value is -2.87. The van der Waals surface area contributed by atoms with Gasteiger partial charge in [-0.1, -0.05) is 42.5 Å². The summed E-state index contributed by atoms with van der Waals surface area (Å²) in [7, 11) is 0. The summed E-state index contributed by atoms with van der Waals surface area (Å²) in [6.07, 6.45) is 7.95. The molecule has 5 rings (SSSR count). The maximum Gasteiger partial charge on any atom is 2.00 e. The van der Waals surface area contributed by atoms with Crippen molar-refractivity contribution in [2.45, 2.75) is 0 Å². The van der Waals surface area contributed by atoms with Gasteiger partial charge in [0.05, 0.1) is 22.8 Å². The minimum Gasteiger partial charge on any atom is -0.658 e. The Balaban J connectivity index is 0.00000157. The van der Waals surface area contributed by atoms with E-state index in [4.69, 9.17) is 0 Å². The van der Waals surface area contributed by atoms with Gasteiger partial charge in [-0.3, -0.25) is 0 Å². The van der Waals surface area contributed by atoms with E-state index in [1.165, 1.54) is 0 Å². The van der Waals surface area contributed by atoms with Gasteiger partial charge in [-0.2, -0.15) is 0 Å². The summed E-state index contributed by atoms with van der Waals surface area (Å²) in [6.45, 7) is 0. The molecule has 0 aliphatic carbocycles. The van der Waals surface area contributed by atoms with Gasteiger partial charge in [0.25, 0.3) is 0 Å². The van der Waals surface area contributed by atoms with Crippen molar-refractivity contribution >= 4 is 46.4 Å². The van der Waals surface area contributed by atoms with Gasteiger partial charge in [0.2, 0.25) is 0 Å². The molecular weight excluding hydrogens is 348 g/mol. The third kappa shape index (κ3) is 3.20. The smallest absolute Gasteiger partial charge is 0.658 e. The van der Waals surface area contributed by atoms with E-state index in [0.717, 1.165) is 44.8 Å². The fraction of sp³-hybridized carbons (Fsp3) is 0. The van der Waals surface area contributed by atoms with Crippen molar-refractivity contribution in [1.82, 2.24) is 19.9 Å². The zero-order valence-electron chi connectivity index (χ0n) is 13.1. The fourth-order valence-corrected chi connectivity index (χ4v) is 2.83. The van der Waals surface area contributed by atoms with Crippen LogP contribution in [0.15, 0.2) is 48.5 Å². The molecule has 3 aromatic heterocycles. The Morgan fingerprint density at radius 3 is 1.28 bits per heavy atom. The predicted octanol–water partition coefficient (Wildman–Crippen LogP) is 3.91. The second-order valence-electron chi connectivity index (χ2n) is 5.76. The van der Waals surface area contributed by atoms with Crippen LogP contribution in [-0.2, 0) is 17.4 Å². The molecule has 0 amide bonds. The molecule has 0 saturated carbocycles. The quantitative estimate of drug-likeness (QED) is 0.420. The van der Waals surface area contributed by atoms with E-state index in [1.54, 1.807) is 0 Å². The topological polar surface area (TPSA) is 54.0 Å². The van der Waals surface area contributed by atoms with Crippen LogP contribution in [-0.4, -0.2) is 9.97 Å². The molecule has 0 unspecified atom stereocenters. The number of fused-ring (bicyclic) bond motifs is 8. The molecule has 0 spiro atoms. The molecule has 0 radical (unpaired) electrons. The Labute approximate surface area is 155 Å². The largest absolute Gasteiger partial charge is 2.00 e. The Kier molecular flexibility index (Phi) is 3.89. The number of rotatable bonds is 0. The summed E-state index contributed by atoms with van der Waals surface area (Å²) in [5, 5.41) is 0. The van der Waals surface area contributed by atoms with Gasteiger partial charge < -0.3 is 9.97 Å². The first-order chi connectivity index (χ1) is 11.8. The molecule has 3 aromatic rings. The SMILES string of the molecule is C1=Cc2cc3ccc(cc4ccc(cc5nc(cc1n2)C=C5)[n-]4)[n-]3.[Cr+2]. The van der Waals surface area contributed by atoms with Crippen molar-refractivity contribution in [2.75, 3.05) is 0 Å². The van der Waals surface area contributed by atoms with Crippen LogP contribution >= 0.6 is 0 Å². The predicted molar refractivity (Wildman–Crippen MR) is 96.8 cm³/mol. The summed E-state index contributed by atoms with van der Waals surface area (Å²) >= 11 is 0. The molecule has 2 aliphatic rings. The molecule has 0 N–H and O–H groups in total. The first-order valence-corrected chi connectivity index (χ1v) is 7.74.